The summed E-state index contributed by atoms with van der Waals surface area (Å²) in [5, 5.41) is 2.32. The van der Waals surface area contributed by atoms with Crippen molar-refractivity contribution in [3.8, 4) is 0 Å². The molecule has 3 aromatic rings. The lowest BCUT2D eigenvalue weighted by molar-refractivity contribution is -0.130. The number of para-hydroxylation sites is 1. The summed E-state index contributed by atoms with van der Waals surface area (Å²) < 4.78 is 5.32. The molecule has 6 nitrogen and oxygen atoms in total. The number of hydrogen-bond acceptors (Lipinski definition) is 6. The molecule has 0 spiro atoms. The fourth-order valence-electron chi connectivity index (χ4n) is 3.36. The quantitative estimate of drug-likeness (QED) is 0.426. The number of aromatic nitrogens is 1. The molecule has 0 fully saturated rings. The molecule has 0 radical (unpaired) electrons. The van der Waals surface area contributed by atoms with E-state index in [1.165, 1.54) is 18.3 Å². The maximum absolute atomic E-state index is 12.5. The van der Waals surface area contributed by atoms with Crippen molar-refractivity contribution in [3.05, 3.63) is 81.5 Å². The highest BCUT2D eigenvalue weighted by molar-refractivity contribution is 7.14. The van der Waals surface area contributed by atoms with Gasteiger partial charge in [0.2, 0.25) is 11.8 Å². The molecule has 1 aliphatic rings. The summed E-state index contributed by atoms with van der Waals surface area (Å²) in [4.78, 5) is 35.3. The summed E-state index contributed by atoms with van der Waals surface area (Å²) in [7, 11) is 0. The summed E-state index contributed by atoms with van der Waals surface area (Å²) in [6.07, 6.45) is 1.58. The first-order chi connectivity index (χ1) is 14.8. The third-order valence-corrected chi connectivity index (χ3v) is 5.73. The van der Waals surface area contributed by atoms with E-state index in [4.69, 9.17) is 4.74 Å². The monoisotopic (exact) mass is 431 g/mol. The number of thiazole rings is 1. The number of anilines is 2. The molecule has 0 bridgehead atoms. The number of esters is 1. The van der Waals surface area contributed by atoms with E-state index < -0.39 is 5.97 Å². The molecule has 0 saturated heterocycles. The zero-order valence-electron chi connectivity index (χ0n) is 17.7. The second-order valence-corrected chi connectivity index (χ2v) is 8.19. The van der Waals surface area contributed by atoms with Crippen LogP contribution in [0.2, 0.25) is 0 Å². The third kappa shape index (κ3) is 4.18. The molecule has 4 rings (SSSR count). The van der Waals surface area contributed by atoms with E-state index in [0.717, 1.165) is 27.9 Å². The van der Waals surface area contributed by atoms with Crippen LogP contribution in [-0.4, -0.2) is 22.8 Å². The standard InChI is InChI=1S/C24H21N3O3S/c1-14-8-10-18(11-9-14)22-26-20(23(29)30-22)12-19-13-31-24(25-19)27(17(4)28)21-15(2)6-5-7-16(21)3/h5-13H,1-4H3. The van der Waals surface area contributed by atoms with Crippen molar-refractivity contribution in [1.29, 1.82) is 0 Å². The predicted molar refractivity (Wildman–Crippen MR) is 123 cm³/mol. The molecule has 0 aliphatic carbocycles. The predicted octanol–water partition coefficient (Wildman–Crippen LogP) is 5.10. The second kappa shape index (κ2) is 8.28. The summed E-state index contributed by atoms with van der Waals surface area (Å²) in [5.74, 6) is -0.387. The number of amides is 1. The lowest BCUT2D eigenvalue weighted by atomic mass is 10.1. The van der Waals surface area contributed by atoms with Crippen molar-refractivity contribution < 1.29 is 14.3 Å². The van der Waals surface area contributed by atoms with Crippen molar-refractivity contribution >= 4 is 46.0 Å². The Hall–Kier alpha value is -3.58. The highest BCUT2D eigenvalue weighted by atomic mass is 32.1. The molecule has 1 aromatic heterocycles. The molecule has 0 unspecified atom stereocenters. The SMILES string of the molecule is CC(=O)N(c1nc(C=C2N=C(c3ccc(C)cc3)OC2=O)cs1)c1c(C)cccc1C. The van der Waals surface area contributed by atoms with Crippen LogP contribution in [0.15, 0.2) is 58.5 Å². The number of hydrogen-bond donors (Lipinski definition) is 0. The number of aliphatic imine (C=N–C) groups is 1. The topological polar surface area (TPSA) is 71.9 Å². The molecular formula is C24H21N3O3S. The Morgan fingerprint density at radius 1 is 1.06 bits per heavy atom. The van der Waals surface area contributed by atoms with Gasteiger partial charge in [-0.2, -0.15) is 0 Å². The molecule has 0 saturated carbocycles. The van der Waals surface area contributed by atoms with Gasteiger partial charge in [-0.05, 0) is 50.1 Å². The Balaban J connectivity index is 1.66. The molecule has 1 aliphatic heterocycles. The van der Waals surface area contributed by atoms with Gasteiger partial charge in [0.15, 0.2) is 10.8 Å². The van der Waals surface area contributed by atoms with Crippen molar-refractivity contribution in [1.82, 2.24) is 4.98 Å². The lowest BCUT2D eigenvalue weighted by Gasteiger charge is -2.22. The fourth-order valence-corrected chi connectivity index (χ4v) is 4.19. The minimum absolute atomic E-state index is 0.133. The smallest absolute Gasteiger partial charge is 0.363 e. The van der Waals surface area contributed by atoms with E-state index in [9.17, 15) is 9.59 Å². The lowest BCUT2D eigenvalue weighted by Crippen LogP contribution is -2.24. The third-order valence-electron chi connectivity index (χ3n) is 4.88. The van der Waals surface area contributed by atoms with Crippen LogP contribution >= 0.6 is 11.3 Å². The Morgan fingerprint density at radius 2 is 1.74 bits per heavy atom. The van der Waals surface area contributed by atoms with Crippen LogP contribution in [0.4, 0.5) is 10.8 Å². The summed E-state index contributed by atoms with van der Waals surface area (Å²) in [5.41, 5.74) is 5.35. The van der Waals surface area contributed by atoms with Crippen LogP contribution in [-0.2, 0) is 14.3 Å². The number of rotatable bonds is 4. The zero-order valence-corrected chi connectivity index (χ0v) is 18.5. The average molecular weight is 432 g/mol. The largest absolute Gasteiger partial charge is 0.402 e. The van der Waals surface area contributed by atoms with Gasteiger partial charge in [0.05, 0.1) is 11.4 Å². The molecule has 0 atom stereocenters. The van der Waals surface area contributed by atoms with Gasteiger partial charge in [-0.3, -0.25) is 9.69 Å². The van der Waals surface area contributed by atoms with Gasteiger partial charge in [0.1, 0.15) is 0 Å². The van der Waals surface area contributed by atoms with E-state index in [-0.39, 0.29) is 17.5 Å². The number of aryl methyl sites for hydroxylation is 3. The van der Waals surface area contributed by atoms with E-state index >= 15 is 0 Å². The number of benzene rings is 2. The van der Waals surface area contributed by atoms with Gasteiger partial charge >= 0.3 is 5.97 Å². The Labute approximate surface area is 184 Å². The first kappa shape index (κ1) is 20.7. The maximum Gasteiger partial charge on any atom is 0.363 e. The fraction of sp³-hybridized carbons (Fsp3) is 0.167. The van der Waals surface area contributed by atoms with Crippen molar-refractivity contribution in [3.63, 3.8) is 0 Å². The first-order valence-electron chi connectivity index (χ1n) is 9.75. The molecule has 1 amide bonds. The maximum atomic E-state index is 12.5. The Bertz CT molecular complexity index is 1220. The molecule has 2 aromatic carbocycles. The minimum atomic E-state index is -0.525. The number of carbonyl (C=O) groups excluding carboxylic acids is 2. The van der Waals surface area contributed by atoms with Crippen LogP contribution in [0.25, 0.3) is 6.08 Å². The van der Waals surface area contributed by atoms with Crippen LogP contribution < -0.4 is 4.90 Å². The van der Waals surface area contributed by atoms with Crippen molar-refractivity contribution in [2.75, 3.05) is 4.90 Å². The van der Waals surface area contributed by atoms with Gasteiger partial charge < -0.3 is 4.74 Å². The Kier molecular flexibility index (Phi) is 5.52. The zero-order chi connectivity index (χ0) is 22.1. The molecule has 0 N–H and O–H groups in total. The molecule has 7 heteroatoms. The normalized spacial score (nSPS) is 14.5. The average Bonchev–Trinajstić information content (AvgIpc) is 3.32. The summed E-state index contributed by atoms with van der Waals surface area (Å²) in [6, 6.07) is 13.5. The number of nitrogens with zero attached hydrogens (tertiary/aromatic N) is 3. The van der Waals surface area contributed by atoms with E-state index in [1.54, 1.807) is 16.4 Å². The number of ether oxygens (including phenoxy) is 1. The van der Waals surface area contributed by atoms with Crippen LogP contribution in [0.3, 0.4) is 0 Å². The molecule has 156 valence electrons. The molecular weight excluding hydrogens is 410 g/mol. The summed E-state index contributed by atoms with van der Waals surface area (Å²) >= 11 is 1.33. The van der Waals surface area contributed by atoms with Gasteiger partial charge in [-0.15, -0.1) is 11.3 Å². The van der Waals surface area contributed by atoms with Crippen molar-refractivity contribution in [2.45, 2.75) is 27.7 Å². The van der Waals surface area contributed by atoms with Crippen LogP contribution in [0.5, 0.6) is 0 Å². The first-order valence-corrected chi connectivity index (χ1v) is 10.6. The Morgan fingerprint density at radius 3 is 2.39 bits per heavy atom. The van der Waals surface area contributed by atoms with Gasteiger partial charge in [-0.25, -0.2) is 14.8 Å². The molecule has 2 heterocycles. The summed E-state index contributed by atoms with van der Waals surface area (Å²) in [6.45, 7) is 7.42. The van der Waals surface area contributed by atoms with Crippen LogP contribution in [0, 0.1) is 20.8 Å². The number of cyclic esters (lactones) is 1. The highest BCUT2D eigenvalue weighted by Gasteiger charge is 2.25. The van der Waals surface area contributed by atoms with Gasteiger partial charge in [0, 0.05) is 17.9 Å². The number of carbonyl (C=O) groups is 2. The van der Waals surface area contributed by atoms with E-state index in [2.05, 4.69) is 9.98 Å². The van der Waals surface area contributed by atoms with Crippen LogP contribution in [0.1, 0.15) is 34.9 Å². The van der Waals surface area contributed by atoms with Gasteiger partial charge in [0.25, 0.3) is 0 Å². The van der Waals surface area contributed by atoms with E-state index in [0.29, 0.717) is 10.8 Å². The molecule has 31 heavy (non-hydrogen) atoms. The second-order valence-electron chi connectivity index (χ2n) is 7.35. The van der Waals surface area contributed by atoms with Gasteiger partial charge in [-0.1, -0.05) is 35.9 Å². The van der Waals surface area contributed by atoms with Crippen molar-refractivity contribution in [2.24, 2.45) is 4.99 Å². The van der Waals surface area contributed by atoms with E-state index in [1.807, 2.05) is 63.2 Å². The minimum Gasteiger partial charge on any atom is -0.402 e. The highest BCUT2D eigenvalue weighted by Crippen LogP contribution is 2.34.